The number of carbonyl (C=O) groups excluding carboxylic acids is 1. The Labute approximate surface area is 142 Å². The molecule has 2 aliphatic rings. The van der Waals surface area contributed by atoms with E-state index in [4.69, 9.17) is 0 Å². The van der Waals surface area contributed by atoms with Gasteiger partial charge in [-0.3, -0.25) is 14.9 Å². The number of hydrogen-bond acceptors (Lipinski definition) is 6. The lowest BCUT2D eigenvalue weighted by Gasteiger charge is -2.27. The second-order valence-electron chi connectivity index (χ2n) is 6.06. The number of fused-ring (bicyclic) bond motifs is 3. The summed E-state index contributed by atoms with van der Waals surface area (Å²) in [6.07, 6.45) is 0.257. The molecule has 8 heteroatoms. The summed E-state index contributed by atoms with van der Waals surface area (Å²) in [6, 6.07) is 6.48. The summed E-state index contributed by atoms with van der Waals surface area (Å²) >= 11 is 1.57. The number of nitrogens with zero attached hydrogens (tertiary/aromatic N) is 2. The number of rotatable bonds is 2. The van der Waals surface area contributed by atoms with Crippen molar-refractivity contribution >= 4 is 27.9 Å². The van der Waals surface area contributed by atoms with Gasteiger partial charge in [0, 0.05) is 24.0 Å². The van der Waals surface area contributed by atoms with Crippen molar-refractivity contribution in [1.82, 2.24) is 10.2 Å². The molecule has 0 aliphatic carbocycles. The molecule has 2 aliphatic heterocycles. The first-order valence-electron chi connectivity index (χ1n) is 7.68. The maximum atomic E-state index is 12.6. The fraction of sp³-hybridized carbons (Fsp3) is 0.312. The maximum absolute atomic E-state index is 12.6. The molecule has 0 radical (unpaired) electrons. The van der Waals surface area contributed by atoms with Crippen molar-refractivity contribution in [2.75, 3.05) is 18.9 Å². The van der Waals surface area contributed by atoms with E-state index < -0.39 is 11.1 Å². The number of carbonyl (C=O) groups is 1. The molecule has 24 heavy (non-hydrogen) atoms. The molecule has 0 bridgehead atoms. The molecule has 4 rings (SSSR count). The zero-order chi connectivity index (χ0) is 16.8. The lowest BCUT2D eigenvalue weighted by molar-refractivity contribution is -0.385. The second-order valence-corrected chi connectivity index (χ2v) is 7.17. The molecule has 0 spiro atoms. The van der Waals surface area contributed by atoms with E-state index in [2.05, 4.69) is 22.6 Å². The highest BCUT2D eigenvalue weighted by Gasteiger charge is 2.34. The number of nitro groups is 1. The Morgan fingerprint density at radius 3 is 2.92 bits per heavy atom. The van der Waals surface area contributed by atoms with Crippen LogP contribution in [0.15, 0.2) is 24.3 Å². The van der Waals surface area contributed by atoms with Gasteiger partial charge in [0.05, 0.1) is 16.1 Å². The maximum Gasteiger partial charge on any atom is 0.276 e. The van der Waals surface area contributed by atoms with E-state index in [0.717, 1.165) is 30.1 Å². The van der Waals surface area contributed by atoms with Crippen molar-refractivity contribution in [3.63, 3.8) is 0 Å². The number of benzene rings is 1. The Morgan fingerprint density at radius 2 is 2.12 bits per heavy atom. The summed E-state index contributed by atoms with van der Waals surface area (Å²) in [6.45, 7) is 1.76. The van der Waals surface area contributed by atoms with Gasteiger partial charge < -0.3 is 15.5 Å². The largest absolute Gasteiger partial charge is 0.352 e. The van der Waals surface area contributed by atoms with Gasteiger partial charge in [0.2, 0.25) is 0 Å². The molecule has 2 N–H and O–H groups in total. The van der Waals surface area contributed by atoms with E-state index in [1.807, 2.05) is 0 Å². The van der Waals surface area contributed by atoms with E-state index in [1.54, 1.807) is 29.5 Å². The van der Waals surface area contributed by atoms with Gasteiger partial charge in [-0.1, -0.05) is 12.1 Å². The Bertz CT molecular complexity index is 848. The molecule has 0 saturated heterocycles. The number of nitrogens with one attached hydrogen (secondary N) is 2. The van der Waals surface area contributed by atoms with Gasteiger partial charge in [0.25, 0.3) is 11.6 Å². The predicted octanol–water partition coefficient (Wildman–Crippen LogP) is 2.50. The third-order valence-electron chi connectivity index (χ3n) is 4.47. The summed E-state index contributed by atoms with van der Waals surface area (Å²) in [5, 5.41) is 18.2. The van der Waals surface area contributed by atoms with Gasteiger partial charge in [-0.15, -0.1) is 11.3 Å². The molecule has 2 aromatic rings. The third kappa shape index (κ3) is 2.35. The van der Waals surface area contributed by atoms with E-state index in [1.165, 1.54) is 10.9 Å². The summed E-state index contributed by atoms with van der Waals surface area (Å²) in [5.41, 5.74) is 2.28. The number of hydrogen-bond donors (Lipinski definition) is 2. The van der Waals surface area contributed by atoms with Gasteiger partial charge in [0.15, 0.2) is 0 Å². The fourth-order valence-electron chi connectivity index (χ4n) is 3.30. The van der Waals surface area contributed by atoms with Gasteiger partial charge in [-0.05, 0) is 25.1 Å². The van der Waals surface area contributed by atoms with Crippen molar-refractivity contribution in [1.29, 1.82) is 0 Å². The van der Waals surface area contributed by atoms with Gasteiger partial charge in [0.1, 0.15) is 11.2 Å². The first-order chi connectivity index (χ1) is 11.5. The van der Waals surface area contributed by atoms with E-state index in [9.17, 15) is 14.9 Å². The average Bonchev–Trinajstić information content (AvgIpc) is 2.92. The first kappa shape index (κ1) is 15.1. The minimum atomic E-state index is -0.593. The van der Waals surface area contributed by atoms with Crippen LogP contribution in [0.4, 0.5) is 10.7 Å². The third-order valence-corrected chi connectivity index (χ3v) is 5.62. The molecular formula is C16H16N4O3S. The quantitative estimate of drug-likeness (QED) is 0.646. The Balaban J connectivity index is 1.73. The summed E-state index contributed by atoms with van der Waals surface area (Å²) in [7, 11) is 2.06. The van der Waals surface area contributed by atoms with Crippen LogP contribution in [0, 0.1) is 10.1 Å². The molecule has 3 heterocycles. The monoisotopic (exact) mass is 344 g/mol. The van der Waals surface area contributed by atoms with Crippen molar-refractivity contribution in [2.24, 2.45) is 0 Å². The van der Waals surface area contributed by atoms with Crippen LogP contribution in [-0.2, 0) is 13.0 Å². The van der Waals surface area contributed by atoms with E-state index >= 15 is 0 Å². The molecular weight excluding hydrogens is 328 g/mol. The first-order valence-corrected chi connectivity index (χ1v) is 8.50. The zero-order valence-electron chi connectivity index (χ0n) is 13.0. The second kappa shape index (κ2) is 5.57. The lowest BCUT2D eigenvalue weighted by atomic mass is 10.0. The van der Waals surface area contributed by atoms with E-state index in [0.29, 0.717) is 11.1 Å². The van der Waals surface area contributed by atoms with Crippen LogP contribution >= 0.6 is 11.3 Å². The van der Waals surface area contributed by atoms with Crippen LogP contribution < -0.4 is 10.6 Å². The molecule has 0 unspecified atom stereocenters. The topological polar surface area (TPSA) is 87.5 Å². The van der Waals surface area contributed by atoms with E-state index in [-0.39, 0.29) is 11.6 Å². The fourth-order valence-corrected chi connectivity index (χ4v) is 4.65. The molecule has 1 atom stereocenters. The summed E-state index contributed by atoms with van der Waals surface area (Å²) < 4.78 is 0. The Kier molecular flexibility index (Phi) is 3.50. The van der Waals surface area contributed by atoms with Crippen LogP contribution in [0.25, 0.3) is 0 Å². The van der Waals surface area contributed by atoms with Crippen molar-refractivity contribution < 1.29 is 9.72 Å². The van der Waals surface area contributed by atoms with Crippen molar-refractivity contribution in [3.8, 4) is 0 Å². The van der Waals surface area contributed by atoms with Crippen molar-refractivity contribution in [3.05, 3.63) is 55.9 Å². The lowest BCUT2D eigenvalue weighted by Crippen LogP contribution is -2.39. The zero-order valence-corrected chi connectivity index (χ0v) is 13.9. The van der Waals surface area contributed by atoms with Crippen molar-refractivity contribution in [2.45, 2.75) is 19.1 Å². The van der Waals surface area contributed by atoms with Crippen LogP contribution in [0.1, 0.15) is 32.5 Å². The minimum Gasteiger partial charge on any atom is -0.352 e. The highest BCUT2D eigenvalue weighted by Crippen LogP contribution is 2.41. The molecule has 0 saturated carbocycles. The predicted molar refractivity (Wildman–Crippen MR) is 91.3 cm³/mol. The number of anilines is 1. The molecule has 124 valence electrons. The number of likely N-dealkylation sites (N-methyl/N-ethyl adjacent to an activating group) is 1. The normalized spacial score (nSPS) is 19.9. The molecule has 1 amide bonds. The summed E-state index contributed by atoms with van der Waals surface area (Å²) in [4.78, 5) is 26.9. The standard InChI is InChI=1S/C16H16N4O3S/c1-19-7-6-10-12(8-19)24-16-13(10)15(21)17-14(18-16)9-4-2-3-5-11(9)20(22)23/h2-5,14,18H,6-8H2,1H3,(H,17,21)/t14-/m1/s1. The molecule has 0 fully saturated rings. The summed E-state index contributed by atoms with van der Waals surface area (Å²) in [5.74, 6) is -0.158. The highest BCUT2D eigenvalue weighted by molar-refractivity contribution is 7.16. The molecule has 7 nitrogen and oxygen atoms in total. The van der Waals surface area contributed by atoms with Gasteiger partial charge in [-0.25, -0.2) is 0 Å². The number of para-hydroxylation sites is 1. The minimum absolute atomic E-state index is 0.000183. The average molecular weight is 344 g/mol. The number of amides is 1. The van der Waals surface area contributed by atoms with Gasteiger partial charge >= 0.3 is 0 Å². The smallest absolute Gasteiger partial charge is 0.276 e. The van der Waals surface area contributed by atoms with Crippen LogP contribution in [0.3, 0.4) is 0 Å². The SMILES string of the molecule is CN1CCc2c(sc3c2C(=O)N[C@@H](c2ccccc2[N+](=O)[O-])N3)C1. The molecule has 1 aromatic heterocycles. The van der Waals surface area contributed by atoms with Crippen LogP contribution in [0.2, 0.25) is 0 Å². The highest BCUT2D eigenvalue weighted by atomic mass is 32.1. The number of nitro benzene ring substituents is 1. The number of thiophene rings is 1. The van der Waals surface area contributed by atoms with Crippen LogP contribution in [0.5, 0.6) is 0 Å². The Morgan fingerprint density at radius 1 is 1.33 bits per heavy atom. The van der Waals surface area contributed by atoms with Crippen LogP contribution in [-0.4, -0.2) is 29.3 Å². The molecule has 1 aromatic carbocycles. The van der Waals surface area contributed by atoms with Gasteiger partial charge in [-0.2, -0.15) is 0 Å². The Hall–Kier alpha value is -2.45.